The van der Waals surface area contributed by atoms with Crippen molar-refractivity contribution in [2.24, 2.45) is 16.7 Å². The maximum atomic E-state index is 8.52. The third kappa shape index (κ3) is 202. The van der Waals surface area contributed by atoms with Gasteiger partial charge in [0.25, 0.3) is 0 Å². The second-order valence-electron chi connectivity index (χ2n) is 51.4. The van der Waals surface area contributed by atoms with Crippen molar-refractivity contribution in [1.29, 1.82) is 0 Å². The summed E-state index contributed by atoms with van der Waals surface area (Å²) in [6, 6.07) is 0. The molecule has 8 fully saturated rings. The molecule has 21 heteroatoms. The van der Waals surface area contributed by atoms with E-state index in [1.807, 2.05) is 60.4 Å². The van der Waals surface area contributed by atoms with Gasteiger partial charge in [-0.15, -0.1) is 31.2 Å². The molecule has 0 saturated carbocycles. The first-order valence-corrected chi connectivity index (χ1v) is 57.6. The fraction of sp³-hybridized carbons (Fsp3) is 0.926. The first-order valence-electron chi connectivity index (χ1n) is 55.1. The third-order valence-electron chi connectivity index (χ3n) is 21.3. The number of likely N-dealkylation sites (tertiary alicyclic amines) is 7. The van der Waals surface area contributed by atoms with E-state index in [1.165, 1.54) is 265 Å². The van der Waals surface area contributed by atoms with E-state index in [4.69, 9.17) is 27.2 Å². The molecule has 0 spiro atoms. The molecule has 1 radical (unpaired) electrons. The van der Waals surface area contributed by atoms with E-state index in [2.05, 4.69) is 392 Å². The van der Waals surface area contributed by atoms with Gasteiger partial charge in [0.15, 0.2) is 0 Å². The van der Waals surface area contributed by atoms with Crippen LogP contribution >= 0.6 is 23.5 Å². The number of rotatable bonds is 10. The molecular weight excluding hydrogens is 2110 g/mol. The van der Waals surface area contributed by atoms with Crippen molar-refractivity contribution in [3.05, 3.63) is 66.6 Å². The zero-order valence-corrected chi connectivity index (χ0v) is 121. The Labute approximate surface area is 1020 Å². The number of nitrogens with zero attached hydrogens (tertiary/aromatic N) is 11. The summed E-state index contributed by atoms with van der Waals surface area (Å²) in [7, 11) is 25.3. The monoisotopic (exact) mass is 2370 g/mol. The normalized spacial score (nSPS) is 17.5. The van der Waals surface area contributed by atoms with Crippen LogP contribution in [0.25, 0.3) is 5.32 Å². The summed E-state index contributed by atoms with van der Waals surface area (Å²) < 4.78 is 11.8. The Kier molecular flexibility index (Phi) is 143. The van der Waals surface area contributed by atoms with E-state index in [9.17, 15) is 0 Å². The van der Waals surface area contributed by atoms with Gasteiger partial charge >= 0.3 is 98.1 Å². The summed E-state index contributed by atoms with van der Waals surface area (Å²) in [5.74, 6) is 2.36. The van der Waals surface area contributed by atoms with Crippen LogP contribution in [0.3, 0.4) is 0 Å². The van der Waals surface area contributed by atoms with Crippen molar-refractivity contribution in [1.82, 2.24) is 49.0 Å². The van der Waals surface area contributed by atoms with Gasteiger partial charge in [0.05, 0.1) is 22.9 Å². The largest absolute Gasteiger partial charge is 3.00 e. The zero-order chi connectivity index (χ0) is 111. The molecule has 1 N–H and O–H groups in total. The van der Waals surface area contributed by atoms with Gasteiger partial charge in [0.2, 0.25) is 0 Å². The van der Waals surface area contributed by atoms with Crippen LogP contribution in [0.1, 0.15) is 449 Å². The molecule has 14 nitrogen and oxygen atoms in total. The van der Waals surface area contributed by atoms with Crippen LogP contribution in [0.5, 0.6) is 0 Å². The van der Waals surface area contributed by atoms with Crippen molar-refractivity contribution < 1.29 is 145 Å². The second kappa shape index (κ2) is 111. The summed E-state index contributed by atoms with van der Waals surface area (Å²) in [4.78, 5) is 23.9. The van der Waals surface area contributed by atoms with Gasteiger partial charge in [-0.25, -0.2) is 0 Å². The van der Waals surface area contributed by atoms with Crippen LogP contribution in [-0.4, -0.2) is 322 Å². The molecule has 0 unspecified atom stereocenters. The predicted octanol–water partition coefficient (Wildman–Crippen LogP) is 32.1. The minimum Gasteiger partial charge on any atom is -0.787 e. The van der Waals surface area contributed by atoms with Gasteiger partial charge in [0, 0.05) is 105 Å². The van der Waals surface area contributed by atoms with E-state index in [-0.39, 0.29) is 152 Å². The fourth-order valence-corrected chi connectivity index (χ4v) is 12.9. The van der Waals surface area contributed by atoms with Crippen LogP contribution in [0.4, 0.5) is 0 Å². The Bertz CT molecular complexity index is 2070. The molecule has 0 aromatic rings. The standard InChI is InChI=1S/C10H21NO.C10H21NS.C10H21N.C9H20N2.4C6H13N.C6H15N.C5H12N.C5H12O.C5H12S.C5H12.4C5H10.C4H10O.C4H10S.C4H9.4Y/c2*1-10(2,3)12-9-5-7-11(4)8-6-9;1-10(2,3)9-5-7-11(4)8-6-9;1-9(2,3)11-7-5-10(4)6-8-11;4*1-7-5-3-2-4-6-7;1-6(2,3)7(4)5;3*1-5(2,3)6-4;1-5(2,3)4;4*1-3-5-4-2;2*1-4(2,3)5;1-4(2)3;;;;/h2*9H,5-8H2,1-4H3;9H,5-8H2,1-4H3;5-8H2,1-4H3;4*2-6H2,1H3;1-5H3;3*1-4H3;1-4H3;4*1-5H2;2*5H,1-3H3;1-3H3;;;;/q;;;;;;;;;-1;;;;4*-2;;;-1;;3*+3/p-1. The Balaban J connectivity index is -0.0000000847. The molecule has 0 aromatic heterocycles. The van der Waals surface area contributed by atoms with Crippen molar-refractivity contribution in [3.63, 3.8) is 0 Å². The number of thioether (sulfide) groups is 2. The summed E-state index contributed by atoms with van der Waals surface area (Å²) in [5.41, 5.74) is 1.46. The number of hydrogen-bond acceptors (Lipinski definition) is 16. The van der Waals surface area contributed by atoms with Crippen LogP contribution in [0, 0.1) is 78.1 Å². The number of unbranched alkanes of at least 4 members (excludes halogenated alkanes) is 8. The number of piperazine rings is 1. The zero-order valence-electron chi connectivity index (χ0n) is 107. The minimum absolute atomic E-state index is 0. The van der Waals surface area contributed by atoms with Crippen molar-refractivity contribution in [2.75, 3.05) is 209 Å². The van der Waals surface area contributed by atoms with Crippen molar-refractivity contribution >= 4 is 36.2 Å². The smallest absolute Gasteiger partial charge is 0.787 e. The Morgan fingerprint density at radius 2 is 0.549 bits per heavy atom. The molecule has 0 atom stereocenters. The van der Waals surface area contributed by atoms with E-state index < -0.39 is 5.60 Å². The molecule has 8 aliphatic rings. The van der Waals surface area contributed by atoms with E-state index in [0.29, 0.717) is 37.5 Å². The third-order valence-corrected chi connectivity index (χ3v) is 24.1. The predicted molar refractivity (Wildman–Crippen MR) is 648 cm³/mol. The first-order chi connectivity index (χ1) is 62.5. The fourth-order valence-electron chi connectivity index (χ4n) is 11.5. The topological polar surface area (TPSA) is 85.2 Å². The van der Waals surface area contributed by atoms with Crippen LogP contribution in [0.15, 0.2) is 0 Å². The minimum atomic E-state index is -0.500. The van der Waals surface area contributed by atoms with Gasteiger partial charge < -0.3 is 138 Å². The van der Waals surface area contributed by atoms with Crippen molar-refractivity contribution in [2.45, 2.75) is 508 Å². The summed E-state index contributed by atoms with van der Waals surface area (Å²) in [6.45, 7) is 131. The summed E-state index contributed by atoms with van der Waals surface area (Å²) >= 11 is 8.86. The van der Waals surface area contributed by atoms with Crippen molar-refractivity contribution in [3.8, 4) is 0 Å². The number of likely N-dealkylation sites (N-methyl/N-ethyl adjacent to an activating group) is 1. The van der Waals surface area contributed by atoms with Crippen LogP contribution in [-0.2, 0) is 153 Å². The molecule has 8 aliphatic heterocycles. The Morgan fingerprint density at radius 1 is 0.366 bits per heavy atom. The molecule has 0 aliphatic carbocycles. The first kappa shape index (κ1) is 183. The van der Waals surface area contributed by atoms with E-state index in [1.54, 1.807) is 27.9 Å². The number of hydrogen-bond donors (Lipinski definition) is 1. The molecular formula is C121H266N11O3S3Y4-2. The van der Waals surface area contributed by atoms with Crippen LogP contribution < -0.4 is 0 Å². The van der Waals surface area contributed by atoms with Gasteiger partial charge in [0.1, 0.15) is 0 Å². The van der Waals surface area contributed by atoms with Gasteiger partial charge in [-0.05, 0) is 366 Å². The summed E-state index contributed by atoms with van der Waals surface area (Å²) in [6.07, 6.45) is 40.5. The van der Waals surface area contributed by atoms with Gasteiger partial charge in [-0.3, -0.25) is 4.90 Å². The van der Waals surface area contributed by atoms with Gasteiger partial charge in [-0.2, -0.15) is 107 Å². The molecule has 8 heterocycles. The quantitative estimate of drug-likeness (QED) is 0.166. The molecule has 0 bridgehead atoms. The summed E-state index contributed by atoms with van der Waals surface area (Å²) in [5, 5.41) is 13.4. The van der Waals surface area contributed by atoms with Gasteiger partial charge in [-0.1, -0.05) is 157 Å². The van der Waals surface area contributed by atoms with Crippen LogP contribution in [0.2, 0.25) is 0 Å². The van der Waals surface area contributed by atoms with E-state index >= 15 is 0 Å². The Morgan fingerprint density at radius 3 is 0.676 bits per heavy atom. The second-order valence-corrected chi connectivity index (χ2v) is 56.4. The average Bonchev–Trinajstić information content (AvgIpc) is 0.869. The SMILES string of the molecule is CC(C)(C)C.CC(C)(C)O.CC(C)(C)[S-].CN(C)C(C)(C)C.CN1CCC(C(C)(C)C)CC1.CN1CCC(OC(C)(C)C)CC1.CN1CCC(SC(C)(C)C)CC1.CN1CCCCC1.CN1CCCCC1.CN1CCCCC1.CN1CCCCC1.CN1CCN(C(C)(C)C)CC1.COC(C)(C)C.CSC(C)(C)C.C[C-](C)C.C[N-]C(C)(C)C.[CH2-]CCC[CH2-].[CH2-]CCC[CH2-].[CH2-]CCC[CH2-].[CH2-]CCC[CH2-].[Y+3].[Y+3].[Y+3].[Y]. The number of methoxy groups -OCH3 is 1. The van der Waals surface area contributed by atoms with E-state index in [0.717, 1.165) is 62.5 Å². The maximum Gasteiger partial charge on any atom is 3.00 e. The average molecular weight is 2380 g/mol. The molecule has 8 rings (SSSR count). The molecule has 142 heavy (non-hydrogen) atoms. The molecule has 0 amide bonds. The number of aliphatic hydroxyl groups is 1. The Hall–Kier alpha value is 4.91. The number of ether oxygens (including phenoxy) is 2. The maximum absolute atomic E-state index is 8.52. The molecule has 8 saturated heterocycles. The molecule has 0 aromatic carbocycles. The number of piperidine rings is 7. The molecule has 855 valence electrons.